The number of rotatable bonds is 5. The Kier molecular flexibility index (Phi) is 4.44. The third-order valence-corrected chi connectivity index (χ3v) is 4.10. The van der Waals surface area contributed by atoms with E-state index in [1.54, 1.807) is 0 Å². The monoisotopic (exact) mass is 308 g/mol. The third kappa shape index (κ3) is 3.27. The van der Waals surface area contributed by atoms with E-state index < -0.39 is 0 Å². The summed E-state index contributed by atoms with van der Waals surface area (Å²) in [5.74, 6) is -0.0194. The van der Waals surface area contributed by atoms with Crippen LogP contribution >= 0.6 is 0 Å². The summed E-state index contributed by atoms with van der Waals surface area (Å²) < 4.78 is 2.04. The molecule has 3 aromatic rings. The smallest absolute Gasteiger partial charge is 0.224 e. The molecule has 23 heavy (non-hydrogen) atoms. The zero-order chi connectivity index (χ0) is 16.2. The number of aliphatic hydroxyl groups excluding tert-OH is 1. The van der Waals surface area contributed by atoms with Crippen molar-refractivity contribution in [1.29, 1.82) is 0 Å². The molecule has 0 unspecified atom stereocenters. The number of carbonyl (C=O) groups is 1. The number of aryl methyl sites for hydroxylation is 1. The van der Waals surface area contributed by atoms with Gasteiger partial charge in [-0.05, 0) is 22.8 Å². The quantitative estimate of drug-likeness (QED) is 0.761. The third-order valence-electron chi connectivity index (χ3n) is 4.10. The Bertz CT molecular complexity index is 836. The molecule has 4 heteroatoms. The molecule has 2 N–H and O–H groups in total. The van der Waals surface area contributed by atoms with Crippen LogP contribution < -0.4 is 5.32 Å². The van der Waals surface area contributed by atoms with E-state index >= 15 is 0 Å². The minimum Gasteiger partial charge on any atom is -0.392 e. The maximum atomic E-state index is 12.3. The maximum absolute atomic E-state index is 12.3. The number of benzene rings is 2. The Hall–Kier alpha value is -2.59. The van der Waals surface area contributed by atoms with Crippen LogP contribution in [-0.4, -0.2) is 15.6 Å². The van der Waals surface area contributed by atoms with Gasteiger partial charge in [-0.2, -0.15) is 0 Å². The Morgan fingerprint density at radius 1 is 1.04 bits per heavy atom. The molecule has 0 radical (unpaired) electrons. The van der Waals surface area contributed by atoms with Crippen molar-refractivity contribution in [2.24, 2.45) is 7.05 Å². The molecule has 0 bridgehead atoms. The lowest BCUT2D eigenvalue weighted by molar-refractivity contribution is -0.120. The van der Waals surface area contributed by atoms with Gasteiger partial charge < -0.3 is 15.0 Å². The van der Waals surface area contributed by atoms with Gasteiger partial charge in [0.2, 0.25) is 5.91 Å². The van der Waals surface area contributed by atoms with Gasteiger partial charge in [0.25, 0.3) is 0 Å². The van der Waals surface area contributed by atoms with Gasteiger partial charge in [-0.15, -0.1) is 0 Å². The normalized spacial score (nSPS) is 10.9. The van der Waals surface area contributed by atoms with Crippen LogP contribution in [0.15, 0.2) is 54.7 Å². The molecule has 4 nitrogen and oxygen atoms in total. The summed E-state index contributed by atoms with van der Waals surface area (Å²) in [6, 6.07) is 15.7. The number of hydrogen-bond acceptors (Lipinski definition) is 2. The lowest BCUT2D eigenvalue weighted by Gasteiger charge is -2.08. The van der Waals surface area contributed by atoms with Gasteiger partial charge in [-0.3, -0.25) is 4.79 Å². The predicted octanol–water partition coefficient (Wildman–Crippen LogP) is 2.53. The summed E-state index contributed by atoms with van der Waals surface area (Å²) in [4.78, 5) is 12.3. The van der Waals surface area contributed by atoms with Crippen molar-refractivity contribution in [2.45, 2.75) is 19.6 Å². The zero-order valence-electron chi connectivity index (χ0n) is 13.1. The summed E-state index contributed by atoms with van der Waals surface area (Å²) in [5, 5.41) is 13.4. The Labute approximate surface area is 135 Å². The first kappa shape index (κ1) is 15.3. The van der Waals surface area contributed by atoms with Crippen molar-refractivity contribution in [2.75, 3.05) is 0 Å². The SMILES string of the molecule is Cn1cc(CC(=O)NCc2ccccc2CO)c2ccccc21. The van der Waals surface area contributed by atoms with Crippen molar-refractivity contribution in [3.63, 3.8) is 0 Å². The molecule has 0 aliphatic carbocycles. The molecule has 0 saturated heterocycles. The van der Waals surface area contributed by atoms with Crippen LogP contribution in [0.3, 0.4) is 0 Å². The molecule has 0 aliphatic heterocycles. The first-order valence-corrected chi connectivity index (χ1v) is 7.66. The van der Waals surface area contributed by atoms with E-state index in [1.165, 1.54) is 0 Å². The first-order valence-electron chi connectivity index (χ1n) is 7.66. The Morgan fingerprint density at radius 2 is 1.74 bits per heavy atom. The standard InChI is InChI=1S/C19H20N2O2/c1-21-12-16(17-8-4-5-9-18(17)21)10-19(23)20-11-14-6-2-3-7-15(14)13-22/h2-9,12,22H,10-11,13H2,1H3,(H,20,23). The molecule has 118 valence electrons. The minimum atomic E-state index is -0.0194. The molecular formula is C19H20N2O2. The minimum absolute atomic E-state index is 0.0185. The lowest BCUT2D eigenvalue weighted by atomic mass is 10.1. The molecule has 0 spiro atoms. The number of aliphatic hydroxyl groups is 1. The number of hydrogen-bond donors (Lipinski definition) is 2. The van der Waals surface area contributed by atoms with E-state index in [9.17, 15) is 9.90 Å². The molecule has 0 fully saturated rings. The first-order chi connectivity index (χ1) is 11.2. The van der Waals surface area contributed by atoms with E-state index in [0.717, 1.165) is 27.6 Å². The number of nitrogens with zero attached hydrogens (tertiary/aromatic N) is 1. The molecular weight excluding hydrogens is 288 g/mol. The molecule has 2 aromatic carbocycles. The fourth-order valence-corrected chi connectivity index (χ4v) is 2.88. The van der Waals surface area contributed by atoms with Gasteiger partial charge in [-0.25, -0.2) is 0 Å². The maximum Gasteiger partial charge on any atom is 0.224 e. The molecule has 3 rings (SSSR count). The summed E-state index contributed by atoms with van der Waals surface area (Å²) in [7, 11) is 1.99. The topological polar surface area (TPSA) is 54.3 Å². The van der Waals surface area contributed by atoms with E-state index in [1.807, 2.05) is 66.3 Å². The van der Waals surface area contributed by atoms with Crippen molar-refractivity contribution in [1.82, 2.24) is 9.88 Å². The molecule has 0 atom stereocenters. The fraction of sp³-hybridized carbons (Fsp3) is 0.211. The zero-order valence-corrected chi connectivity index (χ0v) is 13.1. The van der Waals surface area contributed by atoms with E-state index in [2.05, 4.69) is 5.32 Å². The average molecular weight is 308 g/mol. The summed E-state index contributed by atoms with van der Waals surface area (Å²) >= 11 is 0. The highest BCUT2D eigenvalue weighted by molar-refractivity contribution is 5.89. The van der Waals surface area contributed by atoms with Crippen molar-refractivity contribution >= 4 is 16.8 Å². The van der Waals surface area contributed by atoms with Crippen molar-refractivity contribution in [3.8, 4) is 0 Å². The van der Waals surface area contributed by atoms with E-state index in [-0.39, 0.29) is 12.5 Å². The average Bonchev–Trinajstić information content (AvgIpc) is 2.89. The van der Waals surface area contributed by atoms with Crippen LogP contribution in [0, 0.1) is 0 Å². The highest BCUT2D eigenvalue weighted by Gasteiger charge is 2.10. The summed E-state index contributed by atoms with van der Waals surface area (Å²) in [6.07, 6.45) is 2.36. The second-order valence-electron chi connectivity index (χ2n) is 5.66. The number of nitrogens with one attached hydrogen (secondary N) is 1. The molecule has 0 saturated carbocycles. The number of carbonyl (C=O) groups excluding carboxylic acids is 1. The van der Waals surface area contributed by atoms with Crippen LogP contribution in [-0.2, 0) is 31.4 Å². The van der Waals surface area contributed by atoms with Gasteiger partial charge in [-0.1, -0.05) is 42.5 Å². The van der Waals surface area contributed by atoms with Crippen molar-refractivity contribution in [3.05, 3.63) is 71.4 Å². The number of para-hydroxylation sites is 1. The second kappa shape index (κ2) is 6.67. The van der Waals surface area contributed by atoms with Crippen LogP contribution in [0.2, 0.25) is 0 Å². The van der Waals surface area contributed by atoms with Crippen LogP contribution in [0.4, 0.5) is 0 Å². The number of amides is 1. The molecule has 1 amide bonds. The van der Waals surface area contributed by atoms with Crippen LogP contribution in [0.1, 0.15) is 16.7 Å². The summed E-state index contributed by atoms with van der Waals surface area (Å²) in [6.45, 7) is 0.412. The van der Waals surface area contributed by atoms with Gasteiger partial charge in [0.1, 0.15) is 0 Å². The van der Waals surface area contributed by atoms with E-state index in [0.29, 0.717) is 13.0 Å². The molecule has 1 aromatic heterocycles. The van der Waals surface area contributed by atoms with Gasteiger partial charge in [0.15, 0.2) is 0 Å². The Morgan fingerprint density at radius 3 is 2.52 bits per heavy atom. The van der Waals surface area contributed by atoms with Gasteiger partial charge >= 0.3 is 0 Å². The number of fused-ring (bicyclic) bond motifs is 1. The van der Waals surface area contributed by atoms with Gasteiger partial charge in [0, 0.05) is 30.7 Å². The second-order valence-corrected chi connectivity index (χ2v) is 5.66. The Balaban J connectivity index is 1.69. The van der Waals surface area contributed by atoms with Crippen LogP contribution in [0.5, 0.6) is 0 Å². The highest BCUT2D eigenvalue weighted by Crippen LogP contribution is 2.20. The largest absolute Gasteiger partial charge is 0.392 e. The van der Waals surface area contributed by atoms with Gasteiger partial charge in [0.05, 0.1) is 13.0 Å². The molecule has 0 aliphatic rings. The fourth-order valence-electron chi connectivity index (χ4n) is 2.88. The summed E-state index contributed by atoms with van der Waals surface area (Å²) in [5.41, 5.74) is 3.94. The van der Waals surface area contributed by atoms with Crippen molar-refractivity contribution < 1.29 is 9.90 Å². The van der Waals surface area contributed by atoms with E-state index in [4.69, 9.17) is 0 Å². The predicted molar refractivity (Wildman–Crippen MR) is 90.8 cm³/mol. The number of aromatic nitrogens is 1. The van der Waals surface area contributed by atoms with Crippen LogP contribution in [0.25, 0.3) is 10.9 Å². The lowest BCUT2D eigenvalue weighted by Crippen LogP contribution is -2.25. The molecule has 1 heterocycles. The highest BCUT2D eigenvalue weighted by atomic mass is 16.3.